The fourth-order valence-corrected chi connectivity index (χ4v) is 6.03. The number of carbonyl (C=O) groups is 2. The average Bonchev–Trinajstić information content (AvgIpc) is 3.43. The first-order valence-electron chi connectivity index (χ1n) is 14.1. The Bertz CT molecular complexity index is 1310. The minimum absolute atomic E-state index is 0.136. The molecule has 5 rings (SSSR count). The molecule has 1 fully saturated rings. The first kappa shape index (κ1) is 28.8. The second kappa shape index (κ2) is 12.4. The number of rotatable bonds is 8. The van der Waals surface area contributed by atoms with E-state index in [1.807, 2.05) is 0 Å². The van der Waals surface area contributed by atoms with Crippen molar-refractivity contribution < 1.29 is 33.9 Å². The van der Waals surface area contributed by atoms with Crippen LogP contribution in [0.25, 0.3) is 11.1 Å². The fourth-order valence-electron chi connectivity index (χ4n) is 6.03. The maximum Gasteiger partial charge on any atom is 0.325 e. The largest absolute Gasteiger partial charge is 0.480 e. The van der Waals surface area contributed by atoms with Crippen LogP contribution in [0.2, 0.25) is 0 Å². The molecular weight excluding hydrogens is 536 g/mol. The second-order valence-electron chi connectivity index (χ2n) is 10.8. The summed E-state index contributed by atoms with van der Waals surface area (Å²) >= 11 is 0. The first-order chi connectivity index (χ1) is 19.7. The number of anilines is 1. The average molecular weight is 575 g/mol. The lowest BCUT2D eigenvalue weighted by Crippen LogP contribution is -2.72. The summed E-state index contributed by atoms with van der Waals surface area (Å²) in [5.74, 6) is -1.06. The Kier molecular flexibility index (Phi) is 8.74. The quantitative estimate of drug-likeness (QED) is 0.378. The third kappa shape index (κ3) is 6.30. The maximum absolute atomic E-state index is 14.4. The van der Waals surface area contributed by atoms with Crippen molar-refractivity contribution in [2.24, 2.45) is 0 Å². The predicted octanol–water partition coefficient (Wildman–Crippen LogP) is 1.96. The number of nitrogens with one attached hydrogen (secondary N) is 2. The highest BCUT2D eigenvalue weighted by Crippen LogP contribution is 2.40. The highest BCUT2D eigenvalue weighted by atomic mass is 19.3. The smallest absolute Gasteiger partial charge is 0.325 e. The molecule has 1 saturated heterocycles. The molecule has 1 unspecified atom stereocenters. The lowest BCUT2D eigenvalue weighted by molar-refractivity contribution is -0.407. The molecular formula is C28H38F2N7O4+. The molecule has 6 N–H and O–H groups in total. The van der Waals surface area contributed by atoms with Gasteiger partial charge in [-0.25, -0.2) is 13.6 Å². The van der Waals surface area contributed by atoms with E-state index in [4.69, 9.17) is 9.84 Å². The van der Waals surface area contributed by atoms with Crippen LogP contribution in [0.3, 0.4) is 0 Å². The number of carbonyl (C=O) groups excluding carboxylic acids is 1. The highest BCUT2D eigenvalue weighted by molar-refractivity contribution is 5.75. The van der Waals surface area contributed by atoms with Gasteiger partial charge >= 0.3 is 12.0 Å². The molecule has 0 radical (unpaired) electrons. The van der Waals surface area contributed by atoms with E-state index in [0.717, 1.165) is 42.5 Å². The molecule has 13 heteroatoms. The van der Waals surface area contributed by atoms with Gasteiger partial charge in [-0.3, -0.25) is 9.48 Å². The van der Waals surface area contributed by atoms with Gasteiger partial charge in [-0.2, -0.15) is 5.10 Å². The summed E-state index contributed by atoms with van der Waals surface area (Å²) in [5.41, 5.74) is 8.88. The van der Waals surface area contributed by atoms with Crippen molar-refractivity contribution in [3.63, 3.8) is 0 Å². The molecule has 2 amide bonds. The summed E-state index contributed by atoms with van der Waals surface area (Å²) in [7, 11) is 1.61. The predicted molar refractivity (Wildman–Crippen MR) is 147 cm³/mol. The number of nitrogens with zero attached hydrogens (tertiary/aromatic N) is 4. The zero-order valence-corrected chi connectivity index (χ0v) is 23.2. The first-order valence-corrected chi connectivity index (χ1v) is 14.1. The van der Waals surface area contributed by atoms with Crippen LogP contribution in [0, 0.1) is 0 Å². The second-order valence-corrected chi connectivity index (χ2v) is 10.8. The number of carboxylic acid groups (broad SMARTS) is 1. The summed E-state index contributed by atoms with van der Waals surface area (Å²) in [5, 5.41) is 19.5. The number of carboxylic acids is 1. The Morgan fingerprint density at radius 2 is 2.00 bits per heavy atom. The van der Waals surface area contributed by atoms with E-state index in [2.05, 4.69) is 26.4 Å². The normalized spacial score (nSPS) is 18.9. The minimum Gasteiger partial charge on any atom is -0.480 e. The van der Waals surface area contributed by atoms with Crippen LogP contribution in [0.5, 0.6) is 0 Å². The molecule has 0 aliphatic carbocycles. The van der Waals surface area contributed by atoms with Crippen molar-refractivity contribution in [2.75, 3.05) is 44.8 Å². The summed E-state index contributed by atoms with van der Waals surface area (Å²) in [6, 6.07) is 3.45. The number of fused-ring (bicyclic) bond motifs is 1. The lowest BCUT2D eigenvalue weighted by Gasteiger charge is -2.40. The number of hydrogen-bond donors (Lipinski definition) is 4. The number of halogens is 2. The van der Waals surface area contributed by atoms with Gasteiger partial charge in [0.2, 0.25) is 0 Å². The van der Waals surface area contributed by atoms with Crippen molar-refractivity contribution in [1.82, 2.24) is 25.3 Å². The number of aliphatic carboxylic acids is 1. The van der Waals surface area contributed by atoms with Crippen LogP contribution in [-0.4, -0.2) is 83.9 Å². The molecule has 41 heavy (non-hydrogen) atoms. The number of hydrogen-bond acceptors (Lipinski definition) is 6. The number of ether oxygens (including phenoxy) is 1. The van der Waals surface area contributed by atoms with Gasteiger partial charge in [0.25, 0.3) is 6.43 Å². The molecule has 0 bridgehead atoms. The number of alkyl halides is 2. The SMILES string of the molecule is CNC(=O)N1CCC(NC2CCOCC2)=C(C([NH3+])N2CCCc3cc(-c4cnn(CC(=O)O)c4)c(C(F)F)cc32)C1. The van der Waals surface area contributed by atoms with Gasteiger partial charge in [0.05, 0.1) is 12.7 Å². The van der Waals surface area contributed by atoms with E-state index >= 15 is 0 Å². The van der Waals surface area contributed by atoms with Crippen molar-refractivity contribution >= 4 is 17.7 Å². The van der Waals surface area contributed by atoms with Crippen LogP contribution in [0.15, 0.2) is 35.8 Å². The van der Waals surface area contributed by atoms with Crippen molar-refractivity contribution in [3.05, 3.63) is 46.9 Å². The Hall–Kier alpha value is -3.71. The van der Waals surface area contributed by atoms with Crippen molar-refractivity contribution in [2.45, 2.75) is 57.3 Å². The van der Waals surface area contributed by atoms with Gasteiger partial charge < -0.3 is 36.0 Å². The highest BCUT2D eigenvalue weighted by Gasteiger charge is 2.35. The van der Waals surface area contributed by atoms with Crippen LogP contribution in [0.4, 0.5) is 19.3 Å². The van der Waals surface area contributed by atoms with Crippen molar-refractivity contribution in [1.29, 1.82) is 0 Å². The summed E-state index contributed by atoms with van der Waals surface area (Å²) in [4.78, 5) is 27.5. The Morgan fingerprint density at radius 1 is 1.22 bits per heavy atom. The minimum atomic E-state index is -2.74. The summed E-state index contributed by atoms with van der Waals surface area (Å²) in [6.07, 6.45) is 3.79. The topological polar surface area (TPSA) is 140 Å². The number of amides is 2. The van der Waals surface area contributed by atoms with E-state index in [0.29, 0.717) is 56.1 Å². The molecule has 0 saturated carbocycles. The van der Waals surface area contributed by atoms with Gasteiger partial charge in [0.1, 0.15) is 6.54 Å². The molecule has 0 spiro atoms. The van der Waals surface area contributed by atoms with Crippen LogP contribution in [0.1, 0.15) is 43.2 Å². The van der Waals surface area contributed by atoms with Crippen LogP contribution < -0.4 is 21.3 Å². The molecule has 11 nitrogen and oxygen atoms in total. The maximum atomic E-state index is 14.4. The van der Waals surface area contributed by atoms with E-state index in [9.17, 15) is 18.4 Å². The summed E-state index contributed by atoms with van der Waals surface area (Å²) in [6.45, 7) is 2.67. The lowest BCUT2D eigenvalue weighted by atomic mass is 9.91. The van der Waals surface area contributed by atoms with E-state index in [-0.39, 0.29) is 30.3 Å². The molecule has 222 valence electrons. The van der Waals surface area contributed by atoms with Crippen LogP contribution >= 0.6 is 0 Å². The Labute approximate surface area is 237 Å². The third-order valence-electron chi connectivity index (χ3n) is 8.14. The van der Waals surface area contributed by atoms with E-state index in [1.54, 1.807) is 24.1 Å². The monoisotopic (exact) mass is 574 g/mol. The fraction of sp³-hybridized carbons (Fsp3) is 0.536. The molecule has 3 aliphatic rings. The van der Waals surface area contributed by atoms with E-state index in [1.165, 1.54) is 17.1 Å². The number of aryl methyl sites for hydroxylation is 1. The molecule has 4 heterocycles. The number of quaternary nitrogens is 1. The van der Waals surface area contributed by atoms with E-state index < -0.39 is 12.4 Å². The molecule has 1 aromatic heterocycles. The zero-order chi connectivity index (χ0) is 29.1. The van der Waals surface area contributed by atoms with Crippen LogP contribution in [-0.2, 0) is 22.5 Å². The van der Waals surface area contributed by atoms with Gasteiger partial charge in [-0.05, 0) is 48.9 Å². The van der Waals surface area contributed by atoms with Gasteiger partial charge in [-0.15, -0.1) is 0 Å². The number of aromatic nitrogens is 2. The number of urea groups is 1. The standard InChI is InChI=1S/C28H37F2N7O4/c1-32-28(40)35-8-4-23(34-19-5-9-41-10-6-19)22(15-35)27(31)37-7-2-3-17-11-20(21(26(29)30)12-24(17)37)18-13-33-36(14-18)16-25(38)39/h11-14,19,26-27,34H,2-10,15-16,31H2,1H3,(H,32,40)(H,38,39)/p+1. The van der Waals surface area contributed by atoms with Gasteiger partial charge in [0.15, 0.2) is 6.17 Å². The van der Waals surface area contributed by atoms with Gasteiger partial charge in [0, 0.05) is 80.1 Å². The molecule has 1 atom stereocenters. The third-order valence-corrected chi connectivity index (χ3v) is 8.14. The summed E-state index contributed by atoms with van der Waals surface area (Å²) < 4.78 is 35.6. The Morgan fingerprint density at radius 3 is 2.71 bits per heavy atom. The van der Waals surface area contributed by atoms with Crippen molar-refractivity contribution in [3.8, 4) is 11.1 Å². The zero-order valence-electron chi connectivity index (χ0n) is 23.2. The Balaban J connectivity index is 1.50. The molecule has 1 aromatic carbocycles. The molecule has 2 aromatic rings. The molecule has 3 aliphatic heterocycles. The van der Waals surface area contributed by atoms with Gasteiger partial charge in [-0.1, -0.05) is 0 Å². The number of benzene rings is 1.